The molecule has 0 spiro atoms. The highest BCUT2D eigenvalue weighted by Gasteiger charge is 2.15. The average Bonchev–Trinajstić information content (AvgIpc) is 2.23. The summed E-state index contributed by atoms with van der Waals surface area (Å²) in [5.74, 6) is -0.171. The van der Waals surface area contributed by atoms with Crippen molar-refractivity contribution in [1.82, 2.24) is 0 Å². The van der Waals surface area contributed by atoms with Gasteiger partial charge in [0.15, 0.2) is 0 Å². The first-order chi connectivity index (χ1) is 7.95. The lowest BCUT2D eigenvalue weighted by atomic mass is 10.1. The maximum Gasteiger partial charge on any atom is 0.241 e. The number of rotatable bonds is 4. The van der Waals surface area contributed by atoms with Gasteiger partial charge < -0.3 is 11.1 Å². The summed E-state index contributed by atoms with van der Waals surface area (Å²) >= 11 is 10.2. The molecule has 0 aliphatic rings. The molecule has 1 amide bonds. The number of halogens is 3. The molecule has 0 fully saturated rings. The lowest BCUT2D eigenvalue weighted by Crippen LogP contribution is -2.35. The molecule has 94 valence electrons. The molecule has 3 N–H and O–H groups in total. The van der Waals surface area contributed by atoms with Gasteiger partial charge in [0.2, 0.25) is 5.91 Å². The van der Waals surface area contributed by atoms with Crippen molar-refractivity contribution in [3.05, 3.63) is 25.6 Å². The quantitative estimate of drug-likeness (QED) is 0.760. The van der Waals surface area contributed by atoms with Crippen molar-refractivity contribution in [1.29, 1.82) is 0 Å². The van der Waals surface area contributed by atoms with E-state index in [9.17, 15) is 4.79 Å². The van der Waals surface area contributed by atoms with Crippen LogP contribution in [-0.4, -0.2) is 11.9 Å². The topological polar surface area (TPSA) is 55.1 Å². The van der Waals surface area contributed by atoms with Crippen LogP contribution < -0.4 is 11.1 Å². The Morgan fingerprint density at radius 2 is 1.88 bits per heavy atom. The second-order valence-electron chi connectivity index (χ2n) is 3.63. The van der Waals surface area contributed by atoms with Gasteiger partial charge >= 0.3 is 0 Å². The van der Waals surface area contributed by atoms with Gasteiger partial charge in [-0.1, -0.05) is 29.3 Å². The van der Waals surface area contributed by atoms with Crippen LogP contribution in [0.15, 0.2) is 25.6 Å². The van der Waals surface area contributed by atoms with E-state index in [2.05, 4.69) is 53.1 Å². The number of carbonyl (C=O) groups excluding carboxylic acids is 1. The van der Waals surface area contributed by atoms with Crippen molar-refractivity contribution in [3.63, 3.8) is 0 Å². The van der Waals surface area contributed by atoms with Crippen LogP contribution in [0, 0.1) is 0 Å². The lowest BCUT2D eigenvalue weighted by molar-refractivity contribution is -0.117. The van der Waals surface area contributed by atoms with Crippen LogP contribution in [0.25, 0.3) is 0 Å². The molecule has 0 aliphatic heterocycles. The second kappa shape index (κ2) is 6.87. The van der Waals surface area contributed by atoms with Crippen LogP contribution >= 0.6 is 47.8 Å². The Morgan fingerprint density at radius 3 is 2.35 bits per heavy atom. The van der Waals surface area contributed by atoms with Crippen LogP contribution in [0.4, 0.5) is 5.69 Å². The molecule has 3 nitrogen and oxygen atoms in total. The summed E-state index contributed by atoms with van der Waals surface area (Å²) < 4.78 is 2.53. The maximum absolute atomic E-state index is 11.8. The van der Waals surface area contributed by atoms with Gasteiger partial charge in [0.1, 0.15) is 0 Å². The van der Waals surface area contributed by atoms with Crippen LogP contribution in [0.2, 0.25) is 0 Å². The van der Waals surface area contributed by atoms with Gasteiger partial charge in [0.05, 0.1) is 11.7 Å². The van der Waals surface area contributed by atoms with Crippen molar-refractivity contribution in [2.24, 2.45) is 5.73 Å². The standard InChI is InChI=1S/C11H13Br3N2O/c1-2-3-9(15)11(17)16-10-7(13)4-6(12)5-8(10)14/h4-5,9H,2-3,15H2,1H3,(H,16,17)/t9-/m1/s1. The molecule has 1 rings (SSSR count). The lowest BCUT2D eigenvalue weighted by Gasteiger charge is -2.14. The summed E-state index contributed by atoms with van der Waals surface area (Å²) in [7, 11) is 0. The first-order valence-corrected chi connectivity index (χ1v) is 7.54. The number of hydrogen-bond donors (Lipinski definition) is 2. The Balaban J connectivity index is 2.85. The van der Waals surface area contributed by atoms with Crippen LogP contribution in [0.5, 0.6) is 0 Å². The number of hydrogen-bond acceptors (Lipinski definition) is 2. The van der Waals surface area contributed by atoms with E-state index in [0.29, 0.717) is 12.1 Å². The van der Waals surface area contributed by atoms with Crippen molar-refractivity contribution < 1.29 is 4.79 Å². The zero-order valence-electron chi connectivity index (χ0n) is 9.27. The van der Waals surface area contributed by atoms with E-state index >= 15 is 0 Å². The molecule has 0 heterocycles. The zero-order chi connectivity index (χ0) is 13.0. The Labute approximate surface area is 126 Å². The van der Waals surface area contributed by atoms with Crippen molar-refractivity contribution in [2.45, 2.75) is 25.8 Å². The monoisotopic (exact) mass is 426 g/mol. The van der Waals surface area contributed by atoms with E-state index in [0.717, 1.165) is 19.8 Å². The predicted octanol–water partition coefficient (Wildman–Crippen LogP) is 4.04. The summed E-state index contributed by atoms with van der Waals surface area (Å²) in [5, 5.41) is 2.81. The highest BCUT2D eigenvalue weighted by atomic mass is 79.9. The van der Waals surface area contributed by atoms with Gasteiger partial charge in [0, 0.05) is 13.4 Å². The maximum atomic E-state index is 11.8. The fourth-order valence-corrected chi connectivity index (χ4v) is 3.78. The molecule has 0 aliphatic carbocycles. The van der Waals surface area contributed by atoms with Crippen LogP contribution in [0.3, 0.4) is 0 Å². The molecule has 17 heavy (non-hydrogen) atoms. The third-order valence-electron chi connectivity index (χ3n) is 2.19. The molecule has 6 heteroatoms. The molecule has 0 unspecified atom stereocenters. The Morgan fingerprint density at radius 1 is 1.35 bits per heavy atom. The summed E-state index contributed by atoms with van der Waals surface area (Å²) in [6.07, 6.45) is 1.56. The second-order valence-corrected chi connectivity index (χ2v) is 6.25. The number of carbonyl (C=O) groups is 1. The van der Waals surface area contributed by atoms with Gasteiger partial charge in [-0.15, -0.1) is 0 Å². The van der Waals surface area contributed by atoms with Gasteiger partial charge in [-0.2, -0.15) is 0 Å². The van der Waals surface area contributed by atoms with Gasteiger partial charge in [0.25, 0.3) is 0 Å². The zero-order valence-corrected chi connectivity index (χ0v) is 14.0. The minimum absolute atomic E-state index is 0.171. The van der Waals surface area contributed by atoms with Crippen molar-refractivity contribution >= 4 is 59.4 Å². The highest BCUT2D eigenvalue weighted by Crippen LogP contribution is 2.34. The average molecular weight is 429 g/mol. The van der Waals surface area contributed by atoms with E-state index in [1.165, 1.54) is 0 Å². The summed E-state index contributed by atoms with van der Waals surface area (Å²) in [6, 6.07) is 3.26. The van der Waals surface area contributed by atoms with Crippen molar-refractivity contribution in [2.75, 3.05) is 5.32 Å². The number of nitrogens with two attached hydrogens (primary N) is 1. The van der Waals surface area contributed by atoms with E-state index in [1.807, 2.05) is 19.1 Å². The molecule has 0 saturated carbocycles. The Bertz CT molecular complexity index is 400. The first-order valence-electron chi connectivity index (χ1n) is 5.16. The fraction of sp³-hybridized carbons (Fsp3) is 0.364. The minimum atomic E-state index is -0.470. The van der Waals surface area contributed by atoms with Crippen LogP contribution in [0.1, 0.15) is 19.8 Å². The number of anilines is 1. The molecule has 0 saturated heterocycles. The molecule has 1 atom stereocenters. The minimum Gasteiger partial charge on any atom is -0.323 e. The summed E-state index contributed by atoms with van der Waals surface area (Å²) in [4.78, 5) is 11.8. The molecular weight excluding hydrogens is 416 g/mol. The number of amides is 1. The third-order valence-corrected chi connectivity index (χ3v) is 3.90. The van der Waals surface area contributed by atoms with Gasteiger partial charge in [-0.25, -0.2) is 0 Å². The van der Waals surface area contributed by atoms with Gasteiger partial charge in [-0.3, -0.25) is 4.79 Å². The number of nitrogens with one attached hydrogen (secondary N) is 1. The summed E-state index contributed by atoms with van der Waals surface area (Å²) in [5.41, 5.74) is 6.45. The van der Waals surface area contributed by atoms with Gasteiger partial charge in [-0.05, 0) is 50.4 Å². The molecule has 0 radical (unpaired) electrons. The van der Waals surface area contributed by atoms with Crippen molar-refractivity contribution in [3.8, 4) is 0 Å². The summed E-state index contributed by atoms with van der Waals surface area (Å²) in [6.45, 7) is 2.00. The third kappa shape index (κ3) is 4.35. The number of benzene rings is 1. The van der Waals surface area contributed by atoms with E-state index in [4.69, 9.17) is 5.73 Å². The van der Waals surface area contributed by atoms with Crippen LogP contribution in [-0.2, 0) is 4.79 Å². The largest absolute Gasteiger partial charge is 0.323 e. The molecule has 1 aromatic rings. The Kier molecular flexibility index (Phi) is 6.12. The molecular formula is C11H13Br3N2O. The molecule has 0 aromatic heterocycles. The predicted molar refractivity (Wildman–Crippen MR) is 81.1 cm³/mol. The molecule has 1 aromatic carbocycles. The van der Waals surface area contributed by atoms with E-state index < -0.39 is 6.04 Å². The molecule has 0 bridgehead atoms. The fourth-order valence-electron chi connectivity index (χ4n) is 1.32. The smallest absolute Gasteiger partial charge is 0.241 e. The SMILES string of the molecule is CCC[C@@H](N)C(=O)Nc1c(Br)cc(Br)cc1Br. The van der Waals surface area contributed by atoms with E-state index in [-0.39, 0.29) is 5.91 Å². The Hall–Kier alpha value is 0.0900. The highest BCUT2D eigenvalue weighted by molar-refractivity contribution is 9.11. The normalized spacial score (nSPS) is 12.3. The first kappa shape index (κ1) is 15.1. The van der Waals surface area contributed by atoms with E-state index in [1.54, 1.807) is 0 Å².